The van der Waals surface area contributed by atoms with Crippen molar-refractivity contribution in [2.24, 2.45) is 0 Å². The normalized spacial score (nSPS) is 40.9. The summed E-state index contributed by atoms with van der Waals surface area (Å²) >= 11 is 0. The number of imidazole rings is 1. The first-order valence-corrected chi connectivity index (χ1v) is 5.63. The second kappa shape index (κ2) is 3.06. The van der Waals surface area contributed by atoms with Gasteiger partial charge in [0.2, 0.25) is 0 Å². The molecule has 2 aliphatic rings. The molecule has 15 heavy (non-hydrogen) atoms. The van der Waals surface area contributed by atoms with E-state index in [4.69, 9.17) is 0 Å². The molecule has 2 saturated heterocycles. The number of nitrogens with one attached hydrogen (secondary N) is 1. The van der Waals surface area contributed by atoms with Crippen LogP contribution < -0.4 is 0 Å². The van der Waals surface area contributed by atoms with Crippen molar-refractivity contribution in [3.8, 4) is 0 Å². The SMILES string of the molecule is CN1C2CC[C@@H]1CC(O)(c1ncc[nH]1)C2. The summed E-state index contributed by atoms with van der Waals surface area (Å²) in [6.45, 7) is 0. The van der Waals surface area contributed by atoms with Crippen LogP contribution in [0.25, 0.3) is 0 Å². The number of nitrogens with zero attached hydrogens (tertiary/aromatic N) is 2. The van der Waals surface area contributed by atoms with Gasteiger partial charge in [-0.25, -0.2) is 4.98 Å². The van der Waals surface area contributed by atoms with Gasteiger partial charge in [0.05, 0.1) is 0 Å². The fourth-order valence-electron chi connectivity index (χ4n) is 3.16. The molecular weight excluding hydrogens is 190 g/mol. The van der Waals surface area contributed by atoms with Crippen molar-refractivity contribution in [2.75, 3.05) is 7.05 Å². The number of hydrogen-bond donors (Lipinski definition) is 2. The van der Waals surface area contributed by atoms with Crippen molar-refractivity contribution >= 4 is 0 Å². The maximum Gasteiger partial charge on any atom is 0.138 e. The quantitative estimate of drug-likeness (QED) is 0.718. The molecule has 3 rings (SSSR count). The summed E-state index contributed by atoms with van der Waals surface area (Å²) in [6.07, 6.45) is 7.55. The molecule has 2 unspecified atom stereocenters. The third-order valence-corrected chi connectivity index (χ3v) is 4.07. The smallest absolute Gasteiger partial charge is 0.138 e. The number of H-pyrrole nitrogens is 1. The number of fused-ring (bicyclic) bond motifs is 2. The molecule has 4 heteroatoms. The van der Waals surface area contributed by atoms with Crippen molar-refractivity contribution < 1.29 is 5.11 Å². The first-order chi connectivity index (χ1) is 7.19. The van der Waals surface area contributed by atoms with Crippen molar-refractivity contribution in [1.29, 1.82) is 0 Å². The van der Waals surface area contributed by atoms with Crippen LogP contribution in [0.4, 0.5) is 0 Å². The molecule has 0 radical (unpaired) electrons. The largest absolute Gasteiger partial charge is 0.382 e. The van der Waals surface area contributed by atoms with E-state index in [0.717, 1.165) is 18.7 Å². The van der Waals surface area contributed by atoms with E-state index in [0.29, 0.717) is 12.1 Å². The van der Waals surface area contributed by atoms with E-state index in [1.807, 2.05) is 0 Å². The average molecular weight is 207 g/mol. The molecule has 3 heterocycles. The summed E-state index contributed by atoms with van der Waals surface area (Å²) in [7, 11) is 2.17. The van der Waals surface area contributed by atoms with Crippen LogP contribution in [-0.4, -0.2) is 39.1 Å². The molecule has 2 bridgehead atoms. The molecule has 0 amide bonds. The lowest BCUT2D eigenvalue weighted by Crippen LogP contribution is -2.48. The Morgan fingerprint density at radius 3 is 2.67 bits per heavy atom. The van der Waals surface area contributed by atoms with E-state index in [9.17, 15) is 5.11 Å². The third-order valence-electron chi connectivity index (χ3n) is 4.07. The fraction of sp³-hybridized carbons (Fsp3) is 0.727. The maximum atomic E-state index is 10.6. The van der Waals surface area contributed by atoms with E-state index in [-0.39, 0.29) is 0 Å². The number of aromatic nitrogens is 2. The Morgan fingerprint density at radius 2 is 2.13 bits per heavy atom. The van der Waals surface area contributed by atoms with Crippen LogP contribution in [0.3, 0.4) is 0 Å². The molecular formula is C11H17N3O. The van der Waals surface area contributed by atoms with Gasteiger partial charge in [-0.2, -0.15) is 0 Å². The fourth-order valence-corrected chi connectivity index (χ4v) is 3.16. The van der Waals surface area contributed by atoms with E-state index in [1.165, 1.54) is 12.8 Å². The number of aliphatic hydroxyl groups is 1. The molecule has 1 aromatic heterocycles. The van der Waals surface area contributed by atoms with Gasteiger partial charge in [0.25, 0.3) is 0 Å². The van der Waals surface area contributed by atoms with Gasteiger partial charge in [-0.15, -0.1) is 0 Å². The molecule has 0 saturated carbocycles. The highest BCUT2D eigenvalue weighted by Gasteiger charge is 2.47. The zero-order valence-corrected chi connectivity index (χ0v) is 8.98. The predicted molar refractivity (Wildman–Crippen MR) is 56.3 cm³/mol. The van der Waals surface area contributed by atoms with E-state index in [1.54, 1.807) is 12.4 Å². The lowest BCUT2D eigenvalue weighted by molar-refractivity contribution is -0.0551. The zero-order valence-electron chi connectivity index (χ0n) is 8.98. The molecule has 2 fully saturated rings. The Morgan fingerprint density at radius 1 is 1.47 bits per heavy atom. The van der Waals surface area contributed by atoms with E-state index >= 15 is 0 Å². The third kappa shape index (κ3) is 1.32. The van der Waals surface area contributed by atoms with Gasteiger partial charge in [0, 0.05) is 24.5 Å². The van der Waals surface area contributed by atoms with Gasteiger partial charge < -0.3 is 15.0 Å². The molecule has 4 nitrogen and oxygen atoms in total. The van der Waals surface area contributed by atoms with Gasteiger partial charge in [0.15, 0.2) is 0 Å². The van der Waals surface area contributed by atoms with Crippen LogP contribution in [0.2, 0.25) is 0 Å². The zero-order chi connectivity index (χ0) is 10.5. The maximum absolute atomic E-state index is 10.6. The molecule has 82 valence electrons. The molecule has 2 aliphatic heterocycles. The van der Waals surface area contributed by atoms with Gasteiger partial charge in [-0.1, -0.05) is 0 Å². The monoisotopic (exact) mass is 207 g/mol. The van der Waals surface area contributed by atoms with Crippen LogP contribution in [0.15, 0.2) is 12.4 Å². The summed E-state index contributed by atoms with van der Waals surface area (Å²) in [5, 5.41) is 10.6. The summed E-state index contributed by atoms with van der Waals surface area (Å²) in [4.78, 5) is 9.67. The first-order valence-electron chi connectivity index (χ1n) is 5.63. The lowest BCUT2D eigenvalue weighted by Gasteiger charge is -2.40. The lowest BCUT2D eigenvalue weighted by atomic mass is 9.86. The molecule has 2 N–H and O–H groups in total. The predicted octanol–water partition coefficient (Wildman–Crippen LogP) is 0.854. The summed E-state index contributed by atoms with van der Waals surface area (Å²) < 4.78 is 0. The minimum absolute atomic E-state index is 0.527. The minimum atomic E-state index is -0.720. The Kier molecular flexibility index (Phi) is 1.91. The highest BCUT2D eigenvalue weighted by atomic mass is 16.3. The van der Waals surface area contributed by atoms with Gasteiger partial charge in [-0.3, -0.25) is 0 Å². The van der Waals surface area contributed by atoms with Crippen molar-refractivity contribution in [3.63, 3.8) is 0 Å². The first kappa shape index (κ1) is 9.36. The molecule has 0 spiro atoms. The van der Waals surface area contributed by atoms with Gasteiger partial charge in [0.1, 0.15) is 11.4 Å². The van der Waals surface area contributed by atoms with Crippen LogP contribution in [0, 0.1) is 0 Å². The van der Waals surface area contributed by atoms with Gasteiger partial charge >= 0.3 is 0 Å². The second-order valence-corrected chi connectivity index (χ2v) is 4.93. The number of hydrogen-bond acceptors (Lipinski definition) is 3. The summed E-state index contributed by atoms with van der Waals surface area (Å²) in [6, 6.07) is 1.05. The van der Waals surface area contributed by atoms with Crippen LogP contribution in [-0.2, 0) is 5.60 Å². The highest BCUT2D eigenvalue weighted by Crippen LogP contribution is 2.43. The summed E-state index contributed by atoms with van der Waals surface area (Å²) in [5.41, 5.74) is -0.720. The molecule has 0 aromatic carbocycles. The summed E-state index contributed by atoms with van der Waals surface area (Å²) in [5.74, 6) is 0.743. The molecule has 3 atom stereocenters. The van der Waals surface area contributed by atoms with Gasteiger partial charge in [-0.05, 0) is 32.7 Å². The highest BCUT2D eigenvalue weighted by molar-refractivity contribution is 5.10. The Hall–Kier alpha value is -0.870. The van der Waals surface area contributed by atoms with Crippen LogP contribution in [0.5, 0.6) is 0 Å². The van der Waals surface area contributed by atoms with Crippen molar-refractivity contribution in [3.05, 3.63) is 18.2 Å². The topological polar surface area (TPSA) is 52.1 Å². The average Bonchev–Trinajstić information content (AvgIpc) is 2.79. The number of piperidine rings is 1. The van der Waals surface area contributed by atoms with E-state index < -0.39 is 5.60 Å². The number of rotatable bonds is 1. The Balaban J connectivity index is 1.90. The Labute approximate surface area is 89.3 Å². The van der Waals surface area contributed by atoms with Crippen molar-refractivity contribution in [2.45, 2.75) is 43.4 Å². The number of aromatic amines is 1. The standard InChI is InChI=1S/C11H17N3O/c1-14-8-2-3-9(14)7-11(15,6-8)10-12-4-5-13-10/h4-5,8-9,15H,2-3,6-7H2,1H3,(H,12,13)/t8-,9?,11?/m1/s1. The Bertz CT molecular complexity index is 335. The minimum Gasteiger partial charge on any atom is -0.382 e. The van der Waals surface area contributed by atoms with Crippen LogP contribution >= 0.6 is 0 Å². The van der Waals surface area contributed by atoms with Crippen LogP contribution in [0.1, 0.15) is 31.5 Å². The molecule has 0 aliphatic carbocycles. The van der Waals surface area contributed by atoms with Crippen molar-refractivity contribution in [1.82, 2.24) is 14.9 Å². The molecule has 1 aromatic rings. The van der Waals surface area contributed by atoms with E-state index in [2.05, 4.69) is 21.9 Å². The second-order valence-electron chi connectivity index (χ2n) is 4.93.